The number of benzene rings is 1. The van der Waals surface area contributed by atoms with Gasteiger partial charge < -0.3 is 11.1 Å². The smallest absolute Gasteiger partial charge is 0.386 e. The Hall–Kier alpha value is -2.60. The van der Waals surface area contributed by atoms with Crippen molar-refractivity contribution in [3.63, 3.8) is 0 Å². The van der Waals surface area contributed by atoms with E-state index < -0.39 is 39.9 Å². The Kier molecular flexibility index (Phi) is 6.07. The van der Waals surface area contributed by atoms with E-state index in [1.807, 2.05) is 25.2 Å². The number of aliphatic imine (C=N–C) groups is 1. The maximum absolute atomic E-state index is 14.6. The zero-order valence-corrected chi connectivity index (χ0v) is 18.1. The maximum atomic E-state index is 14.6. The molecule has 1 aliphatic rings. The van der Waals surface area contributed by atoms with Crippen LogP contribution in [0.1, 0.15) is 41.5 Å². The molecule has 0 spiro atoms. The summed E-state index contributed by atoms with van der Waals surface area (Å²) in [6.45, 7) is 4.15. The second-order valence-electron chi connectivity index (χ2n) is 7.70. The SMILES string of the molecule is CN1C[C@@H](c2cc(NC(=O)c3cn(C)nc3C(F)(F)F)ccc2F)N=C(N)C(C)(C)S1. The second-order valence-corrected chi connectivity index (χ2v) is 9.52. The van der Waals surface area contributed by atoms with Gasteiger partial charge in [0, 0.05) is 31.0 Å². The molecular weight excluding hydrogens is 436 g/mol. The molecule has 3 rings (SSSR count). The highest BCUT2D eigenvalue weighted by molar-refractivity contribution is 7.99. The lowest BCUT2D eigenvalue weighted by molar-refractivity contribution is -0.141. The number of carbonyl (C=O) groups excluding carboxylic acids is 1. The highest BCUT2D eigenvalue weighted by atomic mass is 32.2. The van der Waals surface area contributed by atoms with Crippen LogP contribution in [-0.2, 0) is 13.2 Å². The molecule has 2 aromatic rings. The fraction of sp³-hybridized carbons (Fsp3) is 0.421. The summed E-state index contributed by atoms with van der Waals surface area (Å²) in [6, 6.07) is 3.11. The third-order valence-electron chi connectivity index (χ3n) is 4.68. The van der Waals surface area contributed by atoms with Gasteiger partial charge in [0.25, 0.3) is 5.91 Å². The first-order valence-electron chi connectivity index (χ1n) is 9.23. The number of likely N-dealkylation sites (N-methyl/N-ethyl adjacent to an activating group) is 1. The molecule has 7 nitrogen and oxygen atoms in total. The van der Waals surface area contributed by atoms with Crippen LogP contribution in [0.3, 0.4) is 0 Å². The highest BCUT2D eigenvalue weighted by Gasteiger charge is 2.39. The number of amides is 1. The van der Waals surface area contributed by atoms with Crippen molar-refractivity contribution in [1.82, 2.24) is 14.1 Å². The van der Waals surface area contributed by atoms with Crippen molar-refractivity contribution in [2.75, 3.05) is 18.9 Å². The average Bonchev–Trinajstić information content (AvgIpc) is 3.00. The number of carbonyl (C=O) groups is 1. The van der Waals surface area contributed by atoms with E-state index in [0.717, 1.165) is 16.9 Å². The van der Waals surface area contributed by atoms with Gasteiger partial charge >= 0.3 is 6.18 Å². The predicted octanol–water partition coefficient (Wildman–Crippen LogP) is 3.60. The molecule has 2 heterocycles. The number of amidine groups is 1. The van der Waals surface area contributed by atoms with Gasteiger partial charge in [0.1, 0.15) is 11.7 Å². The Morgan fingerprint density at radius 1 is 1.32 bits per heavy atom. The topological polar surface area (TPSA) is 88.5 Å². The third-order valence-corrected chi connectivity index (χ3v) is 5.81. The Morgan fingerprint density at radius 2 is 2.00 bits per heavy atom. The summed E-state index contributed by atoms with van der Waals surface area (Å²) in [5.41, 5.74) is 4.48. The number of nitrogens with zero attached hydrogens (tertiary/aromatic N) is 4. The van der Waals surface area contributed by atoms with E-state index in [-0.39, 0.29) is 11.3 Å². The minimum Gasteiger partial charge on any atom is -0.386 e. The normalized spacial score (nSPS) is 19.6. The van der Waals surface area contributed by atoms with Crippen molar-refractivity contribution in [2.24, 2.45) is 17.8 Å². The first kappa shape index (κ1) is 23.1. The molecule has 0 saturated carbocycles. The van der Waals surface area contributed by atoms with Crippen LogP contribution in [0.4, 0.5) is 23.2 Å². The lowest BCUT2D eigenvalue weighted by Gasteiger charge is -2.25. The van der Waals surface area contributed by atoms with Gasteiger partial charge in [0.2, 0.25) is 0 Å². The van der Waals surface area contributed by atoms with E-state index in [4.69, 9.17) is 5.73 Å². The molecule has 0 bridgehead atoms. The van der Waals surface area contributed by atoms with Gasteiger partial charge in [-0.05, 0) is 39.1 Å². The van der Waals surface area contributed by atoms with Crippen LogP contribution >= 0.6 is 11.9 Å². The molecule has 0 saturated heterocycles. The molecule has 1 aliphatic heterocycles. The van der Waals surface area contributed by atoms with Gasteiger partial charge in [-0.1, -0.05) is 11.9 Å². The van der Waals surface area contributed by atoms with Gasteiger partial charge in [-0.3, -0.25) is 18.8 Å². The van der Waals surface area contributed by atoms with E-state index in [2.05, 4.69) is 15.4 Å². The zero-order valence-electron chi connectivity index (χ0n) is 17.3. The first-order valence-corrected chi connectivity index (χ1v) is 10.0. The number of hydrogen-bond donors (Lipinski definition) is 2. The molecule has 1 atom stereocenters. The number of aryl methyl sites for hydroxylation is 1. The van der Waals surface area contributed by atoms with Gasteiger partial charge in [-0.2, -0.15) is 18.3 Å². The standard InChI is InChI=1S/C19H22F4N6OS/c1-18(2)17(24)26-14(9-29(4)31-18)11-7-10(5-6-13(11)20)25-16(30)12-8-28(3)27-15(12)19(21,22)23/h5-8,14H,9H2,1-4H3,(H2,24,26)(H,25,30)/t14-/m0/s1. The van der Waals surface area contributed by atoms with Gasteiger partial charge in [0.15, 0.2) is 5.69 Å². The summed E-state index contributed by atoms with van der Waals surface area (Å²) in [4.78, 5) is 16.9. The van der Waals surface area contributed by atoms with Crippen molar-refractivity contribution in [3.8, 4) is 0 Å². The molecule has 1 aromatic heterocycles. The van der Waals surface area contributed by atoms with Crippen molar-refractivity contribution in [2.45, 2.75) is 30.8 Å². The zero-order chi connectivity index (χ0) is 23.1. The van der Waals surface area contributed by atoms with E-state index in [1.54, 1.807) is 0 Å². The Labute approximate surface area is 180 Å². The lowest BCUT2D eigenvalue weighted by Crippen LogP contribution is -2.36. The maximum Gasteiger partial charge on any atom is 0.435 e. The van der Waals surface area contributed by atoms with Crippen molar-refractivity contribution < 1.29 is 22.4 Å². The molecular formula is C19H22F4N6OS. The number of halogens is 4. The van der Waals surface area contributed by atoms with Gasteiger partial charge in [-0.15, -0.1) is 0 Å². The Morgan fingerprint density at radius 3 is 2.65 bits per heavy atom. The number of anilines is 1. The first-order chi connectivity index (χ1) is 14.3. The van der Waals surface area contributed by atoms with Crippen molar-refractivity contribution in [3.05, 3.63) is 47.0 Å². The van der Waals surface area contributed by atoms with E-state index in [9.17, 15) is 22.4 Å². The molecule has 168 valence electrons. The average molecular weight is 458 g/mol. The van der Waals surface area contributed by atoms with Gasteiger partial charge in [0.05, 0.1) is 16.4 Å². The summed E-state index contributed by atoms with van der Waals surface area (Å²) in [6.07, 6.45) is -3.81. The predicted molar refractivity (Wildman–Crippen MR) is 111 cm³/mol. The van der Waals surface area contributed by atoms with E-state index >= 15 is 0 Å². The molecule has 0 fully saturated rings. The molecule has 31 heavy (non-hydrogen) atoms. The number of nitrogens with one attached hydrogen (secondary N) is 1. The van der Waals surface area contributed by atoms with Crippen molar-refractivity contribution >= 4 is 29.4 Å². The second kappa shape index (κ2) is 8.15. The number of nitrogens with two attached hydrogens (primary N) is 1. The number of aromatic nitrogens is 2. The summed E-state index contributed by atoms with van der Waals surface area (Å²) in [5, 5.41) is 5.71. The summed E-state index contributed by atoms with van der Waals surface area (Å²) in [5.74, 6) is -1.23. The minimum absolute atomic E-state index is 0.131. The Bertz CT molecular complexity index is 1030. The molecule has 0 radical (unpaired) electrons. The van der Waals surface area contributed by atoms with Crippen LogP contribution in [0.2, 0.25) is 0 Å². The largest absolute Gasteiger partial charge is 0.435 e. The van der Waals surface area contributed by atoms with Crippen LogP contribution in [0.15, 0.2) is 29.4 Å². The molecule has 0 aliphatic carbocycles. The molecule has 1 aromatic carbocycles. The number of rotatable bonds is 3. The molecule has 12 heteroatoms. The molecule has 3 N–H and O–H groups in total. The van der Waals surface area contributed by atoms with E-state index in [0.29, 0.717) is 12.4 Å². The quantitative estimate of drug-likeness (QED) is 0.542. The number of alkyl halides is 3. The van der Waals surface area contributed by atoms with Crippen LogP contribution in [-0.4, -0.2) is 44.2 Å². The molecule has 1 amide bonds. The minimum atomic E-state index is -4.79. The summed E-state index contributed by atoms with van der Waals surface area (Å²) < 4.78 is 56.4. The lowest BCUT2D eigenvalue weighted by atomic mass is 10.0. The third kappa shape index (κ3) is 5.01. The monoisotopic (exact) mass is 458 g/mol. The fourth-order valence-corrected chi connectivity index (χ4v) is 4.33. The number of hydrogen-bond acceptors (Lipinski definition) is 6. The highest BCUT2D eigenvalue weighted by Crippen LogP contribution is 2.36. The van der Waals surface area contributed by atoms with Gasteiger partial charge in [-0.25, -0.2) is 4.39 Å². The van der Waals surface area contributed by atoms with Crippen LogP contribution < -0.4 is 11.1 Å². The Balaban J connectivity index is 1.92. The van der Waals surface area contributed by atoms with E-state index in [1.165, 1.54) is 31.1 Å². The summed E-state index contributed by atoms with van der Waals surface area (Å²) in [7, 11) is 3.12. The van der Waals surface area contributed by atoms with Crippen LogP contribution in [0.25, 0.3) is 0 Å². The molecule has 0 unspecified atom stereocenters. The van der Waals surface area contributed by atoms with Crippen LogP contribution in [0, 0.1) is 5.82 Å². The van der Waals surface area contributed by atoms with Crippen molar-refractivity contribution in [1.29, 1.82) is 0 Å². The van der Waals surface area contributed by atoms with Crippen LogP contribution in [0.5, 0.6) is 0 Å². The fourth-order valence-electron chi connectivity index (χ4n) is 3.19. The summed E-state index contributed by atoms with van der Waals surface area (Å²) >= 11 is 1.46.